The summed E-state index contributed by atoms with van der Waals surface area (Å²) < 4.78 is 0. The first kappa shape index (κ1) is 14.5. The third-order valence-corrected chi connectivity index (χ3v) is 4.19. The number of hydrogen-bond donors (Lipinski definition) is 1. The average molecular weight is 293 g/mol. The smallest absolute Gasteiger partial charge is 0.292 e. The number of amides is 1. The normalized spacial score (nSPS) is 16.7. The van der Waals surface area contributed by atoms with Gasteiger partial charge in [0.25, 0.3) is 5.91 Å². The van der Waals surface area contributed by atoms with Gasteiger partial charge in [0.05, 0.1) is 6.04 Å². The van der Waals surface area contributed by atoms with Gasteiger partial charge in [-0.3, -0.25) is 9.59 Å². The molecule has 3 rings (SSSR count). The van der Waals surface area contributed by atoms with Crippen LogP contribution in [0.15, 0.2) is 48.5 Å². The van der Waals surface area contributed by atoms with E-state index in [1.807, 2.05) is 37.3 Å². The van der Waals surface area contributed by atoms with E-state index in [9.17, 15) is 9.59 Å². The first-order valence-corrected chi connectivity index (χ1v) is 7.65. The molecule has 0 aliphatic heterocycles. The molecule has 0 aromatic heterocycles. The highest BCUT2D eigenvalue weighted by atomic mass is 16.2. The molecule has 0 unspecified atom stereocenters. The van der Waals surface area contributed by atoms with Crippen LogP contribution in [-0.4, -0.2) is 11.7 Å². The monoisotopic (exact) mass is 293 g/mol. The highest BCUT2D eigenvalue weighted by Gasteiger charge is 2.24. The lowest BCUT2D eigenvalue weighted by atomic mass is 9.87. The van der Waals surface area contributed by atoms with Crippen molar-refractivity contribution in [2.45, 2.75) is 32.2 Å². The van der Waals surface area contributed by atoms with Gasteiger partial charge in [-0.1, -0.05) is 54.1 Å². The minimum absolute atomic E-state index is 0.0631. The van der Waals surface area contributed by atoms with E-state index in [4.69, 9.17) is 0 Å². The van der Waals surface area contributed by atoms with E-state index < -0.39 is 11.7 Å². The highest BCUT2D eigenvalue weighted by Crippen LogP contribution is 2.29. The minimum Gasteiger partial charge on any atom is -0.342 e. The maximum absolute atomic E-state index is 12.2. The van der Waals surface area contributed by atoms with E-state index in [2.05, 4.69) is 11.4 Å². The van der Waals surface area contributed by atoms with Crippen molar-refractivity contribution in [3.05, 3.63) is 70.8 Å². The topological polar surface area (TPSA) is 46.2 Å². The molecule has 1 aliphatic carbocycles. The zero-order chi connectivity index (χ0) is 15.5. The maximum atomic E-state index is 12.2. The lowest BCUT2D eigenvalue weighted by molar-refractivity contribution is -0.117. The second-order valence-electron chi connectivity index (χ2n) is 5.81. The molecule has 1 amide bonds. The van der Waals surface area contributed by atoms with Crippen LogP contribution in [0.5, 0.6) is 0 Å². The van der Waals surface area contributed by atoms with E-state index in [0.717, 1.165) is 30.4 Å². The molecular weight excluding hydrogens is 274 g/mol. The van der Waals surface area contributed by atoms with Crippen molar-refractivity contribution in [3.63, 3.8) is 0 Å². The van der Waals surface area contributed by atoms with Gasteiger partial charge in [0, 0.05) is 5.56 Å². The predicted molar refractivity (Wildman–Crippen MR) is 85.8 cm³/mol. The third kappa shape index (κ3) is 2.93. The number of Topliss-reactive ketones (excluding diaryl/α,β-unsaturated/α-hetero) is 1. The summed E-state index contributed by atoms with van der Waals surface area (Å²) in [4.78, 5) is 24.5. The van der Waals surface area contributed by atoms with Crippen molar-refractivity contribution in [2.24, 2.45) is 0 Å². The number of aryl methyl sites for hydroxylation is 2. The van der Waals surface area contributed by atoms with Gasteiger partial charge in [0.15, 0.2) is 0 Å². The van der Waals surface area contributed by atoms with Crippen molar-refractivity contribution < 1.29 is 9.59 Å². The van der Waals surface area contributed by atoms with E-state index in [1.54, 1.807) is 12.1 Å². The second kappa shape index (κ2) is 6.14. The summed E-state index contributed by atoms with van der Waals surface area (Å²) in [5.41, 5.74) is 3.91. The molecule has 0 fully saturated rings. The van der Waals surface area contributed by atoms with Crippen LogP contribution in [0, 0.1) is 6.92 Å². The van der Waals surface area contributed by atoms with Crippen LogP contribution >= 0.6 is 0 Å². The van der Waals surface area contributed by atoms with Crippen LogP contribution in [0.4, 0.5) is 0 Å². The van der Waals surface area contributed by atoms with Gasteiger partial charge < -0.3 is 5.32 Å². The molecule has 3 heteroatoms. The van der Waals surface area contributed by atoms with Gasteiger partial charge in [0.1, 0.15) is 0 Å². The Hall–Kier alpha value is -2.42. The summed E-state index contributed by atoms with van der Waals surface area (Å²) >= 11 is 0. The van der Waals surface area contributed by atoms with Crippen LogP contribution in [0.25, 0.3) is 0 Å². The van der Waals surface area contributed by atoms with Crippen molar-refractivity contribution >= 4 is 11.7 Å². The Morgan fingerprint density at radius 2 is 1.77 bits per heavy atom. The largest absolute Gasteiger partial charge is 0.342 e. The quantitative estimate of drug-likeness (QED) is 0.696. The molecule has 1 N–H and O–H groups in total. The summed E-state index contributed by atoms with van der Waals surface area (Å²) in [5, 5.41) is 2.90. The molecular formula is C19H19NO2. The second-order valence-corrected chi connectivity index (χ2v) is 5.81. The summed E-state index contributed by atoms with van der Waals surface area (Å²) in [6.45, 7) is 1.95. The fraction of sp³-hybridized carbons (Fsp3) is 0.263. The lowest BCUT2D eigenvalue weighted by Crippen LogP contribution is -2.35. The number of ketones is 1. The van der Waals surface area contributed by atoms with Gasteiger partial charge in [-0.05, 0) is 37.3 Å². The minimum atomic E-state index is -0.523. The molecule has 2 aromatic rings. The predicted octanol–water partition coefficient (Wildman–Crippen LogP) is 3.37. The third-order valence-electron chi connectivity index (χ3n) is 4.19. The van der Waals surface area contributed by atoms with Crippen LogP contribution in [-0.2, 0) is 11.2 Å². The Kier molecular flexibility index (Phi) is 4.05. The molecule has 0 radical (unpaired) electrons. The van der Waals surface area contributed by atoms with Crippen molar-refractivity contribution in [3.8, 4) is 0 Å². The van der Waals surface area contributed by atoms with Gasteiger partial charge in [-0.15, -0.1) is 0 Å². The van der Waals surface area contributed by atoms with Crippen molar-refractivity contribution in [2.75, 3.05) is 0 Å². The number of hydrogen-bond acceptors (Lipinski definition) is 2. The molecule has 0 bridgehead atoms. The molecule has 0 spiro atoms. The Labute approximate surface area is 130 Å². The molecule has 1 atom stereocenters. The zero-order valence-electron chi connectivity index (χ0n) is 12.6. The highest BCUT2D eigenvalue weighted by molar-refractivity contribution is 6.42. The first-order chi connectivity index (χ1) is 10.6. The van der Waals surface area contributed by atoms with Gasteiger partial charge in [-0.25, -0.2) is 0 Å². The number of nitrogens with one attached hydrogen (secondary N) is 1. The SMILES string of the molecule is Cc1ccc(C(=O)C(=O)N[C@@H]2CCCc3ccccc32)cc1. The average Bonchev–Trinajstić information content (AvgIpc) is 2.55. The van der Waals surface area contributed by atoms with Crippen LogP contribution < -0.4 is 5.32 Å². The molecule has 3 nitrogen and oxygen atoms in total. The summed E-state index contributed by atoms with van der Waals surface area (Å²) in [6.07, 6.45) is 2.94. The Balaban J connectivity index is 1.75. The van der Waals surface area contributed by atoms with Gasteiger partial charge in [-0.2, -0.15) is 0 Å². The first-order valence-electron chi connectivity index (χ1n) is 7.65. The Bertz CT molecular complexity index is 704. The Morgan fingerprint density at radius 1 is 1.05 bits per heavy atom. The molecule has 0 saturated heterocycles. The maximum Gasteiger partial charge on any atom is 0.292 e. The molecule has 2 aromatic carbocycles. The molecule has 112 valence electrons. The van der Waals surface area contributed by atoms with Crippen molar-refractivity contribution in [1.29, 1.82) is 0 Å². The molecule has 22 heavy (non-hydrogen) atoms. The number of fused-ring (bicyclic) bond motifs is 1. The standard InChI is InChI=1S/C19H19NO2/c1-13-9-11-15(12-10-13)18(21)19(22)20-17-8-4-6-14-5-2-3-7-16(14)17/h2-3,5,7,9-12,17H,4,6,8H2,1H3,(H,20,22)/t17-/m1/s1. The molecule has 0 saturated carbocycles. The zero-order valence-corrected chi connectivity index (χ0v) is 12.6. The Morgan fingerprint density at radius 3 is 2.55 bits per heavy atom. The van der Waals surface area contributed by atoms with Gasteiger partial charge in [0.2, 0.25) is 5.78 Å². The molecule has 1 aliphatic rings. The summed E-state index contributed by atoms with van der Waals surface area (Å²) in [6, 6.07) is 15.1. The van der Waals surface area contributed by atoms with E-state index in [0.29, 0.717) is 5.56 Å². The van der Waals surface area contributed by atoms with Crippen molar-refractivity contribution in [1.82, 2.24) is 5.32 Å². The van der Waals surface area contributed by atoms with E-state index in [-0.39, 0.29) is 6.04 Å². The summed E-state index contributed by atoms with van der Waals surface area (Å²) in [5.74, 6) is -0.992. The van der Waals surface area contributed by atoms with E-state index >= 15 is 0 Å². The number of carbonyl (C=O) groups is 2. The van der Waals surface area contributed by atoms with Gasteiger partial charge >= 0.3 is 0 Å². The lowest BCUT2D eigenvalue weighted by Gasteiger charge is -2.26. The van der Waals surface area contributed by atoms with Crippen LogP contribution in [0.2, 0.25) is 0 Å². The number of benzene rings is 2. The fourth-order valence-corrected chi connectivity index (χ4v) is 2.96. The van der Waals surface area contributed by atoms with Crippen LogP contribution in [0.3, 0.4) is 0 Å². The van der Waals surface area contributed by atoms with Crippen LogP contribution in [0.1, 0.15) is 45.9 Å². The number of carbonyl (C=O) groups excluding carboxylic acids is 2. The fourth-order valence-electron chi connectivity index (χ4n) is 2.96. The summed E-state index contributed by atoms with van der Waals surface area (Å²) in [7, 11) is 0. The molecule has 0 heterocycles. The number of rotatable bonds is 3. The van der Waals surface area contributed by atoms with E-state index in [1.165, 1.54) is 5.56 Å².